The van der Waals surface area contributed by atoms with E-state index in [4.69, 9.17) is 0 Å². The molecule has 1 heterocycles. The molecule has 4 rings (SSSR count). The van der Waals surface area contributed by atoms with E-state index < -0.39 is 17.5 Å². The van der Waals surface area contributed by atoms with Gasteiger partial charge in [-0.1, -0.05) is 24.3 Å². The van der Waals surface area contributed by atoms with Crippen molar-refractivity contribution in [1.29, 1.82) is 0 Å². The van der Waals surface area contributed by atoms with E-state index in [2.05, 4.69) is 15.5 Å². The molecule has 3 aromatic rings. The van der Waals surface area contributed by atoms with Crippen LogP contribution in [0, 0.1) is 0 Å². The van der Waals surface area contributed by atoms with Gasteiger partial charge in [-0.2, -0.15) is 13.2 Å². The molecule has 1 aliphatic carbocycles. The van der Waals surface area contributed by atoms with Gasteiger partial charge in [-0.25, -0.2) is 0 Å². The van der Waals surface area contributed by atoms with Crippen LogP contribution < -0.4 is 5.32 Å². The van der Waals surface area contributed by atoms with Crippen LogP contribution in [0.3, 0.4) is 0 Å². The molecule has 0 atom stereocenters. The lowest BCUT2D eigenvalue weighted by molar-refractivity contribution is -0.137. The molecule has 0 unspecified atom stereocenters. The fourth-order valence-corrected chi connectivity index (χ4v) is 3.06. The van der Waals surface area contributed by atoms with Crippen LogP contribution in [0.1, 0.15) is 24.8 Å². The van der Waals surface area contributed by atoms with Crippen LogP contribution in [0.4, 0.5) is 19.0 Å². The zero-order valence-corrected chi connectivity index (χ0v) is 13.7. The Balaban J connectivity index is 1.81. The Morgan fingerprint density at radius 1 is 1.00 bits per heavy atom. The van der Waals surface area contributed by atoms with Crippen molar-refractivity contribution in [2.24, 2.45) is 0 Å². The molecular formula is C19H16F3N3O. The van der Waals surface area contributed by atoms with Crippen molar-refractivity contribution in [2.45, 2.75) is 31.5 Å². The van der Waals surface area contributed by atoms with Gasteiger partial charge in [0.05, 0.1) is 5.56 Å². The van der Waals surface area contributed by atoms with Crippen molar-refractivity contribution in [3.05, 3.63) is 48.0 Å². The molecule has 0 aliphatic heterocycles. The molecule has 2 aromatic carbocycles. The number of aromatic nitrogens is 2. The van der Waals surface area contributed by atoms with Crippen molar-refractivity contribution in [2.75, 3.05) is 5.32 Å². The van der Waals surface area contributed by atoms with Gasteiger partial charge in [0, 0.05) is 22.4 Å². The van der Waals surface area contributed by atoms with E-state index in [1.54, 1.807) is 0 Å². The summed E-state index contributed by atoms with van der Waals surface area (Å²) in [6.07, 6.45) is -1.17. The topological polar surface area (TPSA) is 58.0 Å². The number of phenolic OH excluding ortho intramolecular Hbond substituents is 1. The van der Waals surface area contributed by atoms with Crippen molar-refractivity contribution in [3.8, 4) is 17.0 Å². The summed E-state index contributed by atoms with van der Waals surface area (Å²) in [6.45, 7) is 0. The highest BCUT2D eigenvalue weighted by molar-refractivity contribution is 6.00. The van der Waals surface area contributed by atoms with E-state index in [0.29, 0.717) is 23.6 Å². The first-order valence-corrected chi connectivity index (χ1v) is 8.36. The lowest BCUT2D eigenvalue weighted by Crippen LogP contribution is -2.27. The molecule has 2 N–H and O–H groups in total. The van der Waals surface area contributed by atoms with Gasteiger partial charge in [-0.3, -0.25) is 0 Å². The fraction of sp³-hybridized carbons (Fsp3) is 0.263. The molecule has 0 radical (unpaired) electrons. The number of hydrogen-bond donors (Lipinski definition) is 2. The summed E-state index contributed by atoms with van der Waals surface area (Å²) >= 11 is 0. The van der Waals surface area contributed by atoms with Gasteiger partial charge in [0.2, 0.25) is 0 Å². The minimum absolute atomic E-state index is 0.219. The maximum Gasteiger partial charge on any atom is 0.416 e. The molecule has 1 aromatic heterocycles. The van der Waals surface area contributed by atoms with Crippen LogP contribution >= 0.6 is 0 Å². The van der Waals surface area contributed by atoms with Crippen LogP contribution in [-0.2, 0) is 6.18 Å². The maximum absolute atomic E-state index is 12.8. The third kappa shape index (κ3) is 2.94. The number of anilines is 1. The normalized spacial score (nSPS) is 15.0. The molecule has 4 nitrogen and oxygen atoms in total. The fourth-order valence-electron chi connectivity index (χ4n) is 3.06. The number of halogens is 3. The summed E-state index contributed by atoms with van der Waals surface area (Å²) in [7, 11) is 0. The van der Waals surface area contributed by atoms with Crippen LogP contribution in [0.25, 0.3) is 22.0 Å². The zero-order valence-electron chi connectivity index (χ0n) is 13.7. The minimum atomic E-state index is -4.51. The third-order valence-corrected chi connectivity index (χ3v) is 4.71. The monoisotopic (exact) mass is 359 g/mol. The lowest BCUT2D eigenvalue weighted by atomic mass is 9.93. The first-order chi connectivity index (χ1) is 12.4. The quantitative estimate of drug-likeness (QED) is 0.692. The summed E-state index contributed by atoms with van der Waals surface area (Å²) in [6, 6.07) is 10.6. The number of alkyl halides is 3. The smallest absolute Gasteiger partial charge is 0.416 e. The molecule has 26 heavy (non-hydrogen) atoms. The van der Waals surface area contributed by atoms with Gasteiger partial charge in [0.1, 0.15) is 11.4 Å². The van der Waals surface area contributed by atoms with E-state index >= 15 is 0 Å². The highest BCUT2D eigenvalue weighted by atomic mass is 19.4. The molecular weight excluding hydrogens is 343 g/mol. The predicted molar refractivity (Wildman–Crippen MR) is 92.9 cm³/mol. The Hall–Kier alpha value is -2.83. The summed E-state index contributed by atoms with van der Waals surface area (Å²) < 4.78 is 38.5. The number of hydrogen-bond acceptors (Lipinski definition) is 4. The summed E-state index contributed by atoms with van der Waals surface area (Å²) in [5.74, 6) is 0.180. The van der Waals surface area contributed by atoms with Crippen molar-refractivity contribution >= 4 is 16.6 Å². The Morgan fingerprint density at radius 2 is 1.73 bits per heavy atom. The average molecular weight is 359 g/mol. The van der Waals surface area contributed by atoms with E-state index in [1.165, 1.54) is 12.5 Å². The highest BCUT2D eigenvalue weighted by Crippen LogP contribution is 2.39. The number of nitrogens with zero attached hydrogens (tertiary/aromatic N) is 2. The van der Waals surface area contributed by atoms with Crippen molar-refractivity contribution in [3.63, 3.8) is 0 Å². The molecule has 0 saturated heterocycles. The van der Waals surface area contributed by atoms with Gasteiger partial charge in [-0.05, 0) is 37.5 Å². The Labute approximate surface area is 147 Å². The van der Waals surface area contributed by atoms with Crippen molar-refractivity contribution < 1.29 is 18.3 Å². The van der Waals surface area contributed by atoms with Gasteiger partial charge in [-0.15, -0.1) is 10.2 Å². The molecule has 0 bridgehead atoms. The number of aromatic hydroxyl groups is 1. The van der Waals surface area contributed by atoms with Gasteiger partial charge in [0.25, 0.3) is 0 Å². The van der Waals surface area contributed by atoms with Crippen molar-refractivity contribution in [1.82, 2.24) is 10.2 Å². The Bertz CT molecular complexity index is 968. The van der Waals surface area contributed by atoms with Crippen LogP contribution in [0.2, 0.25) is 0 Å². The number of fused-ring (bicyclic) bond motifs is 1. The average Bonchev–Trinajstić information content (AvgIpc) is 2.57. The summed E-state index contributed by atoms with van der Waals surface area (Å²) in [5, 5.41) is 23.5. The zero-order chi connectivity index (χ0) is 18.3. The van der Waals surface area contributed by atoms with E-state index in [0.717, 1.165) is 29.7 Å². The Morgan fingerprint density at radius 3 is 2.35 bits per heavy atom. The van der Waals surface area contributed by atoms with E-state index in [9.17, 15) is 18.3 Å². The first-order valence-electron chi connectivity index (χ1n) is 8.36. The molecule has 7 heteroatoms. The van der Waals surface area contributed by atoms with Crippen LogP contribution in [0.5, 0.6) is 5.75 Å². The maximum atomic E-state index is 12.8. The number of phenols is 1. The number of benzene rings is 2. The second kappa shape index (κ2) is 6.16. The number of nitrogens with one attached hydrogen (secondary N) is 1. The van der Waals surface area contributed by atoms with Gasteiger partial charge < -0.3 is 10.4 Å². The Kier molecular flexibility index (Phi) is 3.94. The molecule has 1 fully saturated rings. The SMILES string of the molecule is Oc1cc(C(F)(F)F)ccc1-c1nnc(NC2CCC2)c2ccccc12. The second-order valence-electron chi connectivity index (χ2n) is 6.44. The summed E-state index contributed by atoms with van der Waals surface area (Å²) in [5.41, 5.74) is -0.331. The summed E-state index contributed by atoms with van der Waals surface area (Å²) in [4.78, 5) is 0. The third-order valence-electron chi connectivity index (χ3n) is 4.71. The molecule has 134 valence electrons. The molecule has 1 aliphatic rings. The first kappa shape index (κ1) is 16.6. The van der Waals surface area contributed by atoms with Crippen LogP contribution in [0.15, 0.2) is 42.5 Å². The number of rotatable bonds is 3. The minimum Gasteiger partial charge on any atom is -0.507 e. The molecule has 0 spiro atoms. The van der Waals surface area contributed by atoms with Gasteiger partial charge >= 0.3 is 6.18 Å². The van der Waals surface area contributed by atoms with Crippen LogP contribution in [-0.4, -0.2) is 21.3 Å². The second-order valence-corrected chi connectivity index (χ2v) is 6.44. The standard InChI is InChI=1S/C19H16F3N3O/c20-19(21,22)11-8-9-15(16(26)10-11)17-13-6-1-2-7-14(13)18(25-24-17)23-12-4-3-5-12/h1-2,6-10,12,26H,3-5H2,(H,23,25). The van der Waals surface area contributed by atoms with Gasteiger partial charge in [0.15, 0.2) is 5.82 Å². The van der Waals surface area contributed by atoms with E-state index in [1.807, 2.05) is 24.3 Å². The van der Waals surface area contributed by atoms with E-state index in [-0.39, 0.29) is 5.56 Å². The predicted octanol–water partition coefficient (Wildman–Crippen LogP) is 4.99. The molecule has 1 saturated carbocycles. The highest BCUT2D eigenvalue weighted by Gasteiger charge is 2.31. The molecule has 0 amide bonds. The largest absolute Gasteiger partial charge is 0.507 e. The lowest BCUT2D eigenvalue weighted by Gasteiger charge is -2.27.